The molecule has 1 atom stereocenters. The molecule has 2 aromatic rings. The number of benzene rings is 2. The van der Waals surface area contributed by atoms with Crippen molar-refractivity contribution < 1.29 is 13.6 Å². The lowest BCUT2D eigenvalue weighted by molar-refractivity contribution is 0.270. The molecule has 0 radical (unpaired) electrons. The Kier molecular flexibility index (Phi) is 3.66. The van der Waals surface area contributed by atoms with Crippen molar-refractivity contribution in [1.82, 2.24) is 0 Å². The van der Waals surface area contributed by atoms with Crippen LogP contribution in [0.1, 0.15) is 31.9 Å². The van der Waals surface area contributed by atoms with Crippen LogP contribution in [0, 0.1) is 6.92 Å². The highest BCUT2D eigenvalue weighted by molar-refractivity contribution is 7.56. The minimum absolute atomic E-state index is 0.369. The maximum atomic E-state index is 13.1. The van der Waals surface area contributed by atoms with Gasteiger partial charge in [0.15, 0.2) is 0 Å². The van der Waals surface area contributed by atoms with E-state index in [2.05, 4.69) is 25.1 Å². The Morgan fingerprint density at radius 3 is 2.45 bits per heavy atom. The molecule has 0 N–H and O–H groups in total. The van der Waals surface area contributed by atoms with Crippen LogP contribution in [0.25, 0.3) is 11.1 Å². The van der Waals surface area contributed by atoms with Crippen LogP contribution in [-0.2, 0) is 14.2 Å². The summed E-state index contributed by atoms with van der Waals surface area (Å²) in [7, 11) is -3.22. The minimum Gasteiger partial charge on any atom is -0.423 e. The summed E-state index contributed by atoms with van der Waals surface area (Å²) in [5, 5.41) is -0.669. The number of aryl methyl sites for hydroxylation is 1. The molecule has 22 heavy (non-hydrogen) atoms. The van der Waals surface area contributed by atoms with Gasteiger partial charge in [0.2, 0.25) is 0 Å². The molecule has 1 heterocycles. The maximum absolute atomic E-state index is 13.1. The molecule has 0 spiro atoms. The topological polar surface area (TPSA) is 35.5 Å². The van der Waals surface area contributed by atoms with E-state index in [1.54, 1.807) is 0 Å². The maximum Gasteiger partial charge on any atom is 0.389 e. The van der Waals surface area contributed by atoms with Crippen molar-refractivity contribution in [3.05, 3.63) is 53.6 Å². The molecule has 0 aromatic heterocycles. The third-order valence-electron chi connectivity index (χ3n) is 4.28. The van der Waals surface area contributed by atoms with E-state index in [1.807, 2.05) is 45.0 Å². The molecule has 1 aliphatic rings. The van der Waals surface area contributed by atoms with Gasteiger partial charge < -0.3 is 4.52 Å². The van der Waals surface area contributed by atoms with Gasteiger partial charge in [-0.1, -0.05) is 36.4 Å². The van der Waals surface area contributed by atoms with Gasteiger partial charge in [0.1, 0.15) is 10.9 Å². The Bertz CT molecular complexity index is 765. The number of hydrogen-bond acceptors (Lipinski definition) is 3. The summed E-state index contributed by atoms with van der Waals surface area (Å²) in [5.74, 6) is 0.669. The molecule has 4 heteroatoms. The van der Waals surface area contributed by atoms with Gasteiger partial charge >= 0.3 is 7.60 Å². The first-order chi connectivity index (χ1) is 10.4. The summed E-state index contributed by atoms with van der Waals surface area (Å²) in [6, 6.07) is 14.1. The molecule has 0 fully saturated rings. The van der Waals surface area contributed by atoms with Gasteiger partial charge in [0.05, 0.1) is 6.61 Å². The van der Waals surface area contributed by atoms with E-state index < -0.39 is 12.8 Å². The van der Waals surface area contributed by atoms with Crippen molar-refractivity contribution in [2.75, 3.05) is 6.61 Å². The predicted molar refractivity (Wildman–Crippen MR) is 89.5 cm³/mol. The molecule has 0 bridgehead atoms. The second-order valence-corrected chi connectivity index (χ2v) is 8.61. The van der Waals surface area contributed by atoms with Gasteiger partial charge in [-0.05, 0) is 50.5 Å². The molecule has 1 unspecified atom stereocenters. The second kappa shape index (κ2) is 5.26. The normalized spacial score (nSPS) is 22.2. The van der Waals surface area contributed by atoms with Gasteiger partial charge in [0, 0.05) is 5.56 Å². The predicted octanol–water partition coefficient (Wildman–Crippen LogP) is 5.52. The fraction of sp³-hybridized carbons (Fsp3) is 0.333. The first kappa shape index (κ1) is 15.3. The monoisotopic (exact) mass is 316 g/mol. The molecule has 0 saturated heterocycles. The molecule has 0 amide bonds. The first-order valence-corrected chi connectivity index (χ1v) is 9.09. The van der Waals surface area contributed by atoms with E-state index in [4.69, 9.17) is 9.05 Å². The zero-order valence-electron chi connectivity index (χ0n) is 13.4. The molecular formula is C18H21O3P. The third kappa shape index (κ3) is 2.12. The quantitative estimate of drug-likeness (QED) is 0.699. The fourth-order valence-corrected chi connectivity index (χ4v) is 4.94. The molecular weight excluding hydrogens is 295 g/mol. The average molecular weight is 316 g/mol. The van der Waals surface area contributed by atoms with Crippen molar-refractivity contribution in [3.8, 4) is 16.9 Å². The van der Waals surface area contributed by atoms with E-state index in [0.29, 0.717) is 12.4 Å². The summed E-state index contributed by atoms with van der Waals surface area (Å²) in [5.41, 5.74) is 4.37. The lowest BCUT2D eigenvalue weighted by Crippen LogP contribution is -2.16. The van der Waals surface area contributed by atoms with Gasteiger partial charge in [-0.2, -0.15) is 0 Å². The molecule has 3 nitrogen and oxygen atoms in total. The molecule has 2 aromatic carbocycles. The summed E-state index contributed by atoms with van der Waals surface area (Å²) < 4.78 is 24.5. The second-order valence-electron chi connectivity index (χ2n) is 6.06. The lowest BCUT2D eigenvalue weighted by Gasteiger charge is -2.26. The van der Waals surface area contributed by atoms with E-state index >= 15 is 0 Å². The van der Waals surface area contributed by atoms with Gasteiger partial charge in [-0.25, -0.2) is 4.57 Å². The Balaban J connectivity index is 2.24. The minimum atomic E-state index is -3.22. The van der Waals surface area contributed by atoms with Crippen molar-refractivity contribution in [1.29, 1.82) is 0 Å². The highest BCUT2D eigenvalue weighted by Gasteiger charge is 2.54. The summed E-state index contributed by atoms with van der Waals surface area (Å²) in [6.45, 7) is 8.17. The highest BCUT2D eigenvalue weighted by atomic mass is 31.2. The summed E-state index contributed by atoms with van der Waals surface area (Å²) in [6.07, 6.45) is 0. The molecule has 1 aliphatic heterocycles. The lowest BCUT2D eigenvalue weighted by atomic mass is 9.89. The largest absolute Gasteiger partial charge is 0.423 e. The average Bonchev–Trinajstić information content (AvgIpc) is 2.67. The number of rotatable bonds is 3. The van der Waals surface area contributed by atoms with Crippen molar-refractivity contribution in [3.63, 3.8) is 0 Å². The molecule has 0 saturated carbocycles. The first-order valence-electron chi connectivity index (χ1n) is 7.54. The van der Waals surface area contributed by atoms with E-state index in [0.717, 1.165) is 16.7 Å². The Morgan fingerprint density at radius 1 is 1.09 bits per heavy atom. The van der Waals surface area contributed by atoms with Crippen LogP contribution in [0.5, 0.6) is 5.75 Å². The van der Waals surface area contributed by atoms with Crippen LogP contribution in [0.2, 0.25) is 0 Å². The summed E-state index contributed by atoms with van der Waals surface area (Å²) in [4.78, 5) is 0. The van der Waals surface area contributed by atoms with Crippen molar-refractivity contribution >= 4 is 7.60 Å². The number of fused-ring (bicyclic) bond motifs is 1. The highest BCUT2D eigenvalue weighted by Crippen LogP contribution is 2.72. The van der Waals surface area contributed by atoms with Crippen LogP contribution in [-0.4, -0.2) is 6.61 Å². The third-order valence-corrected chi connectivity index (χ3v) is 6.90. The van der Waals surface area contributed by atoms with Gasteiger partial charge in [-0.3, -0.25) is 4.52 Å². The van der Waals surface area contributed by atoms with E-state index in [-0.39, 0.29) is 0 Å². The van der Waals surface area contributed by atoms with Crippen LogP contribution in [0.3, 0.4) is 0 Å². The Hall–Kier alpha value is -1.57. The van der Waals surface area contributed by atoms with Crippen molar-refractivity contribution in [2.24, 2.45) is 0 Å². The van der Waals surface area contributed by atoms with E-state index in [1.165, 1.54) is 5.56 Å². The van der Waals surface area contributed by atoms with E-state index in [9.17, 15) is 4.57 Å². The van der Waals surface area contributed by atoms with Gasteiger partial charge in [-0.15, -0.1) is 0 Å². The zero-order valence-corrected chi connectivity index (χ0v) is 14.3. The molecule has 3 rings (SSSR count). The fourth-order valence-electron chi connectivity index (χ4n) is 3.08. The van der Waals surface area contributed by atoms with Crippen LogP contribution in [0.4, 0.5) is 0 Å². The van der Waals surface area contributed by atoms with Crippen LogP contribution in [0.15, 0.2) is 42.5 Å². The van der Waals surface area contributed by atoms with Crippen molar-refractivity contribution in [2.45, 2.75) is 32.9 Å². The molecule has 116 valence electrons. The number of hydrogen-bond donors (Lipinski definition) is 0. The van der Waals surface area contributed by atoms with Crippen LogP contribution < -0.4 is 4.52 Å². The Morgan fingerprint density at radius 2 is 1.77 bits per heavy atom. The van der Waals surface area contributed by atoms with Gasteiger partial charge in [0.25, 0.3) is 0 Å². The smallest absolute Gasteiger partial charge is 0.389 e. The SMILES string of the molecule is CCOP1(=O)Oc2cccc(-c3ccccc3C)c2C1(C)C. The zero-order chi connectivity index (χ0) is 16.0. The summed E-state index contributed by atoms with van der Waals surface area (Å²) >= 11 is 0. The standard InChI is InChI=1S/C18H21O3P/c1-5-20-22(19)18(3,4)17-15(11-8-12-16(17)21-22)14-10-7-6-9-13(14)2/h6-12H,5H2,1-4H3. The molecule has 0 aliphatic carbocycles. The Labute approximate surface area is 131 Å². The van der Waals surface area contributed by atoms with Crippen LogP contribution >= 0.6 is 7.60 Å².